The lowest BCUT2D eigenvalue weighted by Crippen LogP contribution is -2.16. The molecule has 1 aliphatic carbocycles. The van der Waals surface area contributed by atoms with Gasteiger partial charge in [0.25, 0.3) is 0 Å². The summed E-state index contributed by atoms with van der Waals surface area (Å²) in [7, 11) is 0. The van der Waals surface area contributed by atoms with Gasteiger partial charge in [0.1, 0.15) is 0 Å². The summed E-state index contributed by atoms with van der Waals surface area (Å²) in [6.45, 7) is 2.50. The molecule has 0 atom stereocenters. The molecule has 0 aromatic rings. The van der Waals surface area contributed by atoms with E-state index in [0.717, 1.165) is 12.8 Å². The number of halogens is 2. The van der Waals surface area contributed by atoms with Gasteiger partial charge in [0.15, 0.2) is 0 Å². The minimum absolute atomic E-state index is 0.220. The highest BCUT2D eigenvalue weighted by molar-refractivity contribution is 4.75. The summed E-state index contributed by atoms with van der Waals surface area (Å²) in [5.74, 6) is 0. The maximum Gasteiger partial charge on any atom is 0.356 e. The standard InChI is InChI=1S/C5H7F2O/c1-5(6,7)8-4-2-3-4/h4H,1-3H2. The summed E-state index contributed by atoms with van der Waals surface area (Å²) in [6.07, 6.45) is -1.88. The van der Waals surface area contributed by atoms with Crippen LogP contribution in [0, 0.1) is 6.92 Å². The summed E-state index contributed by atoms with van der Waals surface area (Å²) in [6, 6.07) is 0. The van der Waals surface area contributed by atoms with Gasteiger partial charge in [-0.25, -0.2) is 0 Å². The van der Waals surface area contributed by atoms with E-state index in [1.165, 1.54) is 0 Å². The molecule has 1 aliphatic rings. The third-order valence-corrected chi connectivity index (χ3v) is 0.863. The Kier molecular flexibility index (Phi) is 1.23. The molecule has 3 heteroatoms. The van der Waals surface area contributed by atoms with Crippen molar-refractivity contribution in [3.05, 3.63) is 6.92 Å². The molecule has 0 bridgehead atoms. The van der Waals surface area contributed by atoms with Crippen LogP contribution >= 0.6 is 0 Å². The molecule has 0 saturated heterocycles. The van der Waals surface area contributed by atoms with Gasteiger partial charge in [0.05, 0.1) is 6.10 Å². The molecule has 0 amide bonds. The first-order chi connectivity index (χ1) is 3.58. The summed E-state index contributed by atoms with van der Waals surface area (Å²) in [5.41, 5.74) is 0. The zero-order valence-corrected chi connectivity index (χ0v) is 4.36. The van der Waals surface area contributed by atoms with Crippen molar-refractivity contribution in [2.45, 2.75) is 25.1 Å². The van der Waals surface area contributed by atoms with Gasteiger partial charge in [-0.15, -0.1) is 0 Å². The first-order valence-electron chi connectivity index (χ1n) is 2.49. The van der Waals surface area contributed by atoms with Crippen molar-refractivity contribution < 1.29 is 13.5 Å². The lowest BCUT2D eigenvalue weighted by Gasteiger charge is -2.08. The summed E-state index contributed by atoms with van der Waals surface area (Å²) >= 11 is 0. The minimum Gasteiger partial charge on any atom is -0.317 e. The molecule has 1 radical (unpaired) electrons. The summed E-state index contributed by atoms with van der Waals surface area (Å²) in [5, 5.41) is 0. The highest BCUT2D eigenvalue weighted by atomic mass is 19.3. The monoisotopic (exact) mass is 121 g/mol. The molecule has 0 aromatic carbocycles. The second-order valence-corrected chi connectivity index (χ2v) is 1.95. The fourth-order valence-corrected chi connectivity index (χ4v) is 0.430. The molecule has 0 heterocycles. The third kappa shape index (κ3) is 2.21. The predicted octanol–water partition coefficient (Wildman–Crippen LogP) is 1.59. The van der Waals surface area contributed by atoms with Crippen LogP contribution in [0.15, 0.2) is 0 Å². The number of rotatable bonds is 2. The normalized spacial score (nSPS) is 21.4. The van der Waals surface area contributed by atoms with E-state index >= 15 is 0 Å². The molecule has 1 saturated carbocycles. The average Bonchev–Trinajstić information content (AvgIpc) is 2.12. The van der Waals surface area contributed by atoms with Gasteiger partial charge < -0.3 is 4.74 Å². The van der Waals surface area contributed by atoms with Gasteiger partial charge >= 0.3 is 6.11 Å². The first-order valence-corrected chi connectivity index (χ1v) is 2.49. The van der Waals surface area contributed by atoms with Crippen molar-refractivity contribution in [2.75, 3.05) is 0 Å². The van der Waals surface area contributed by atoms with E-state index in [1.807, 2.05) is 0 Å². The molecular weight excluding hydrogens is 114 g/mol. The molecule has 0 N–H and O–H groups in total. The maximum atomic E-state index is 11.7. The Balaban J connectivity index is 2.16. The SMILES string of the molecule is [CH2]C(F)(F)OC1CC1. The molecule has 1 rings (SSSR count). The molecule has 8 heavy (non-hydrogen) atoms. The molecule has 1 fully saturated rings. The zero-order valence-electron chi connectivity index (χ0n) is 4.36. The Bertz CT molecular complexity index is 82.9. The zero-order chi connectivity index (χ0) is 6.20. The van der Waals surface area contributed by atoms with Gasteiger partial charge in [0.2, 0.25) is 0 Å². The van der Waals surface area contributed by atoms with Crippen LogP contribution in [0.5, 0.6) is 0 Å². The van der Waals surface area contributed by atoms with E-state index in [-0.39, 0.29) is 6.10 Å². The lowest BCUT2D eigenvalue weighted by molar-refractivity contribution is -0.209. The molecule has 47 valence electrons. The quantitative estimate of drug-likeness (QED) is 0.539. The molecule has 0 aliphatic heterocycles. The van der Waals surface area contributed by atoms with Gasteiger partial charge in [-0.3, -0.25) is 0 Å². The smallest absolute Gasteiger partial charge is 0.317 e. The predicted molar refractivity (Wildman–Crippen MR) is 24.4 cm³/mol. The topological polar surface area (TPSA) is 9.23 Å². The van der Waals surface area contributed by atoms with Crippen LogP contribution in [0.1, 0.15) is 12.8 Å². The van der Waals surface area contributed by atoms with E-state index in [4.69, 9.17) is 0 Å². The Morgan fingerprint density at radius 2 is 2.00 bits per heavy atom. The van der Waals surface area contributed by atoms with E-state index in [2.05, 4.69) is 11.7 Å². The molecule has 0 unspecified atom stereocenters. The van der Waals surface area contributed by atoms with Crippen LogP contribution in [-0.4, -0.2) is 12.2 Å². The molecule has 1 nitrogen and oxygen atoms in total. The second kappa shape index (κ2) is 1.65. The van der Waals surface area contributed by atoms with Crippen LogP contribution in [0.4, 0.5) is 8.78 Å². The van der Waals surface area contributed by atoms with Crippen molar-refractivity contribution in [2.24, 2.45) is 0 Å². The van der Waals surface area contributed by atoms with E-state index in [9.17, 15) is 8.78 Å². The van der Waals surface area contributed by atoms with Crippen molar-refractivity contribution >= 4 is 0 Å². The molecule has 0 spiro atoms. The van der Waals surface area contributed by atoms with Gasteiger partial charge in [-0.1, -0.05) is 0 Å². The highest BCUT2D eigenvalue weighted by Gasteiger charge is 2.33. The Hall–Kier alpha value is -0.180. The molecular formula is C5H7F2O. The molecule has 0 aromatic heterocycles. The minimum atomic E-state index is -3.17. The average molecular weight is 121 g/mol. The van der Waals surface area contributed by atoms with Crippen molar-refractivity contribution in [3.8, 4) is 0 Å². The van der Waals surface area contributed by atoms with Gasteiger partial charge in [-0.2, -0.15) is 8.78 Å². The number of alkyl halides is 2. The van der Waals surface area contributed by atoms with E-state index < -0.39 is 6.11 Å². The third-order valence-electron chi connectivity index (χ3n) is 0.863. The van der Waals surface area contributed by atoms with E-state index in [1.54, 1.807) is 0 Å². The van der Waals surface area contributed by atoms with Gasteiger partial charge in [0, 0.05) is 6.92 Å². The van der Waals surface area contributed by atoms with Crippen molar-refractivity contribution in [1.29, 1.82) is 0 Å². The second-order valence-electron chi connectivity index (χ2n) is 1.95. The maximum absolute atomic E-state index is 11.7. The number of hydrogen-bond acceptors (Lipinski definition) is 1. The fourth-order valence-electron chi connectivity index (χ4n) is 0.430. The van der Waals surface area contributed by atoms with Crippen molar-refractivity contribution in [3.63, 3.8) is 0 Å². The summed E-state index contributed by atoms with van der Waals surface area (Å²) < 4.78 is 27.5. The summed E-state index contributed by atoms with van der Waals surface area (Å²) in [4.78, 5) is 0. The Morgan fingerprint density at radius 3 is 2.12 bits per heavy atom. The van der Waals surface area contributed by atoms with Crippen LogP contribution in [-0.2, 0) is 4.74 Å². The van der Waals surface area contributed by atoms with Crippen LogP contribution in [0.3, 0.4) is 0 Å². The largest absolute Gasteiger partial charge is 0.356 e. The van der Waals surface area contributed by atoms with Gasteiger partial charge in [-0.05, 0) is 12.8 Å². The fraction of sp³-hybridized carbons (Fsp3) is 0.800. The van der Waals surface area contributed by atoms with Crippen molar-refractivity contribution in [1.82, 2.24) is 0 Å². The Labute approximate surface area is 46.6 Å². The number of ether oxygens (including phenoxy) is 1. The van der Waals surface area contributed by atoms with Crippen LogP contribution in [0.25, 0.3) is 0 Å². The number of hydrogen-bond donors (Lipinski definition) is 0. The van der Waals surface area contributed by atoms with Crippen LogP contribution < -0.4 is 0 Å². The highest BCUT2D eigenvalue weighted by Crippen LogP contribution is 2.29. The van der Waals surface area contributed by atoms with E-state index in [0.29, 0.717) is 0 Å². The lowest BCUT2D eigenvalue weighted by atomic mass is 10.7. The first kappa shape index (κ1) is 5.95. The Morgan fingerprint density at radius 1 is 1.50 bits per heavy atom. The van der Waals surface area contributed by atoms with Crippen LogP contribution in [0.2, 0.25) is 0 Å².